The standard InChI is InChI=1S/C19H15ClN4/c20-16-8-4-3-7-14(16)17-13-6-2-1-5-12(13)15(9-21)18(24)19(17,10-22)11-23/h3-5,7-8,13,15,17,24H,1-2,6H2/t13-,15?,17-/m1/s1. The van der Waals surface area contributed by atoms with Crippen LogP contribution in [0.4, 0.5) is 0 Å². The molecule has 0 aromatic heterocycles. The third-order valence-electron chi connectivity index (χ3n) is 5.17. The fourth-order valence-electron chi connectivity index (χ4n) is 4.08. The normalized spacial score (nSPS) is 27.8. The highest BCUT2D eigenvalue weighted by molar-refractivity contribution is 6.31. The van der Waals surface area contributed by atoms with Gasteiger partial charge in [-0.2, -0.15) is 15.8 Å². The number of hydrogen-bond acceptors (Lipinski definition) is 4. The molecule has 1 aromatic carbocycles. The van der Waals surface area contributed by atoms with Crippen molar-refractivity contribution in [2.24, 2.45) is 17.3 Å². The van der Waals surface area contributed by atoms with Gasteiger partial charge in [0.2, 0.25) is 0 Å². The summed E-state index contributed by atoms with van der Waals surface area (Å²) in [6.07, 6.45) is 4.60. The fourth-order valence-corrected chi connectivity index (χ4v) is 4.33. The average Bonchev–Trinajstić information content (AvgIpc) is 2.62. The summed E-state index contributed by atoms with van der Waals surface area (Å²) >= 11 is 6.37. The minimum absolute atomic E-state index is 0.114. The molecule has 0 heterocycles. The van der Waals surface area contributed by atoms with Crippen LogP contribution in [0.2, 0.25) is 5.02 Å². The van der Waals surface area contributed by atoms with Crippen molar-refractivity contribution in [1.82, 2.24) is 0 Å². The lowest BCUT2D eigenvalue weighted by atomic mass is 9.53. The molecule has 3 rings (SSSR count). The number of fused-ring (bicyclic) bond motifs is 1. The smallest absolute Gasteiger partial charge is 0.189 e. The van der Waals surface area contributed by atoms with Gasteiger partial charge in [-0.15, -0.1) is 0 Å². The molecule has 0 aliphatic heterocycles. The average molecular weight is 335 g/mol. The van der Waals surface area contributed by atoms with E-state index in [9.17, 15) is 15.8 Å². The molecule has 0 radical (unpaired) electrons. The third kappa shape index (κ3) is 2.14. The first-order valence-electron chi connectivity index (χ1n) is 7.86. The Morgan fingerprint density at radius 2 is 1.88 bits per heavy atom. The molecule has 0 spiro atoms. The molecule has 1 unspecified atom stereocenters. The SMILES string of the molecule is N#CC1C(=N)C(C#N)(C#N)[C@@H](c2ccccc2Cl)[C@@H]2CCCC=C12. The molecule has 118 valence electrons. The van der Waals surface area contributed by atoms with Gasteiger partial charge in [-0.1, -0.05) is 35.9 Å². The maximum atomic E-state index is 9.85. The predicted octanol–water partition coefficient (Wildman–Crippen LogP) is 4.36. The molecule has 24 heavy (non-hydrogen) atoms. The third-order valence-corrected chi connectivity index (χ3v) is 5.51. The van der Waals surface area contributed by atoms with Gasteiger partial charge in [-0.3, -0.25) is 0 Å². The van der Waals surface area contributed by atoms with Gasteiger partial charge in [0.05, 0.1) is 23.9 Å². The number of benzene rings is 1. The molecule has 0 bridgehead atoms. The maximum Gasteiger partial charge on any atom is 0.189 e. The molecular weight excluding hydrogens is 320 g/mol. The van der Waals surface area contributed by atoms with Crippen LogP contribution in [0, 0.1) is 56.7 Å². The summed E-state index contributed by atoms with van der Waals surface area (Å²) in [6, 6.07) is 13.5. The van der Waals surface area contributed by atoms with Crippen LogP contribution in [0.25, 0.3) is 0 Å². The first kappa shape index (κ1) is 16.3. The van der Waals surface area contributed by atoms with E-state index in [2.05, 4.69) is 18.2 Å². The van der Waals surface area contributed by atoms with Crippen molar-refractivity contribution < 1.29 is 0 Å². The zero-order valence-electron chi connectivity index (χ0n) is 13.0. The second kappa shape index (κ2) is 6.12. The van der Waals surface area contributed by atoms with Gasteiger partial charge in [-0.25, -0.2) is 0 Å². The maximum absolute atomic E-state index is 9.85. The van der Waals surface area contributed by atoms with E-state index < -0.39 is 17.3 Å². The molecule has 0 amide bonds. The lowest BCUT2D eigenvalue weighted by molar-refractivity contribution is 0.320. The number of nitrogens with zero attached hydrogens (tertiary/aromatic N) is 3. The van der Waals surface area contributed by atoms with Gasteiger partial charge < -0.3 is 5.41 Å². The quantitative estimate of drug-likeness (QED) is 0.773. The summed E-state index contributed by atoms with van der Waals surface area (Å²) in [5.74, 6) is -1.44. The Morgan fingerprint density at radius 3 is 2.50 bits per heavy atom. The van der Waals surface area contributed by atoms with Gasteiger partial charge in [-0.05, 0) is 42.4 Å². The zero-order valence-corrected chi connectivity index (χ0v) is 13.7. The number of allylic oxidation sites excluding steroid dienone is 2. The van der Waals surface area contributed by atoms with Gasteiger partial charge in [0.1, 0.15) is 5.92 Å². The number of halogens is 1. The second-order valence-electron chi connectivity index (χ2n) is 6.25. The van der Waals surface area contributed by atoms with Crippen molar-refractivity contribution in [3.05, 3.63) is 46.5 Å². The van der Waals surface area contributed by atoms with E-state index in [-0.39, 0.29) is 11.6 Å². The number of nitriles is 3. The van der Waals surface area contributed by atoms with Crippen molar-refractivity contribution in [2.75, 3.05) is 0 Å². The molecule has 1 aromatic rings. The molecule has 2 aliphatic rings. The van der Waals surface area contributed by atoms with Crippen LogP contribution in [0.5, 0.6) is 0 Å². The van der Waals surface area contributed by atoms with Gasteiger partial charge in [0.15, 0.2) is 5.41 Å². The topological polar surface area (TPSA) is 95.2 Å². The molecule has 5 heteroatoms. The van der Waals surface area contributed by atoms with Crippen LogP contribution < -0.4 is 0 Å². The van der Waals surface area contributed by atoms with E-state index in [4.69, 9.17) is 17.0 Å². The van der Waals surface area contributed by atoms with Crippen molar-refractivity contribution in [2.45, 2.75) is 25.2 Å². The van der Waals surface area contributed by atoms with E-state index in [0.29, 0.717) is 10.6 Å². The Labute approximate surface area is 146 Å². The van der Waals surface area contributed by atoms with E-state index in [0.717, 1.165) is 24.8 Å². The van der Waals surface area contributed by atoms with Crippen molar-refractivity contribution >= 4 is 17.3 Å². The van der Waals surface area contributed by atoms with Crippen molar-refractivity contribution in [1.29, 1.82) is 21.2 Å². The van der Waals surface area contributed by atoms with E-state index >= 15 is 0 Å². The lowest BCUT2D eigenvalue weighted by Gasteiger charge is -2.46. The molecule has 1 N–H and O–H groups in total. The zero-order chi connectivity index (χ0) is 17.3. The van der Waals surface area contributed by atoms with Gasteiger partial charge in [0.25, 0.3) is 0 Å². The molecule has 4 nitrogen and oxygen atoms in total. The molecule has 1 fully saturated rings. The molecule has 2 aliphatic carbocycles. The largest absolute Gasteiger partial charge is 0.305 e. The Kier molecular flexibility index (Phi) is 4.15. The minimum atomic E-state index is -1.66. The fraction of sp³-hybridized carbons (Fsp3) is 0.368. The minimum Gasteiger partial charge on any atom is -0.305 e. The van der Waals surface area contributed by atoms with Gasteiger partial charge >= 0.3 is 0 Å². The van der Waals surface area contributed by atoms with E-state index in [1.54, 1.807) is 12.1 Å². The van der Waals surface area contributed by atoms with Crippen LogP contribution in [0.15, 0.2) is 35.9 Å². The highest BCUT2D eigenvalue weighted by atomic mass is 35.5. The van der Waals surface area contributed by atoms with Crippen LogP contribution in [0.1, 0.15) is 30.7 Å². The number of hydrogen-bond donors (Lipinski definition) is 1. The summed E-state index contributed by atoms with van der Waals surface area (Å²) in [5, 5.41) is 38.2. The Bertz CT molecular complexity index is 835. The van der Waals surface area contributed by atoms with E-state index in [1.165, 1.54) is 0 Å². The van der Waals surface area contributed by atoms with Crippen LogP contribution in [-0.2, 0) is 0 Å². The Balaban J connectivity index is 2.29. The molecule has 1 saturated carbocycles. The summed E-state index contributed by atoms with van der Waals surface area (Å²) in [4.78, 5) is 0. The Hall–Kier alpha value is -2.61. The summed E-state index contributed by atoms with van der Waals surface area (Å²) < 4.78 is 0. The summed E-state index contributed by atoms with van der Waals surface area (Å²) in [7, 11) is 0. The highest BCUT2D eigenvalue weighted by Gasteiger charge is 2.57. The van der Waals surface area contributed by atoms with Crippen molar-refractivity contribution in [3.63, 3.8) is 0 Å². The van der Waals surface area contributed by atoms with Crippen LogP contribution in [-0.4, -0.2) is 5.71 Å². The first-order chi connectivity index (χ1) is 11.6. The first-order valence-corrected chi connectivity index (χ1v) is 8.24. The summed E-state index contributed by atoms with van der Waals surface area (Å²) in [6.45, 7) is 0. The molecular formula is C19H15ClN4. The molecule has 0 saturated heterocycles. The lowest BCUT2D eigenvalue weighted by Crippen LogP contribution is -2.48. The number of nitrogens with one attached hydrogen (secondary N) is 1. The molecule has 3 atom stereocenters. The van der Waals surface area contributed by atoms with Crippen LogP contribution >= 0.6 is 11.6 Å². The number of rotatable bonds is 1. The van der Waals surface area contributed by atoms with Gasteiger partial charge in [0, 0.05) is 10.9 Å². The second-order valence-corrected chi connectivity index (χ2v) is 6.66. The predicted molar refractivity (Wildman–Crippen MR) is 90.1 cm³/mol. The monoisotopic (exact) mass is 334 g/mol. The van der Waals surface area contributed by atoms with E-state index in [1.807, 2.05) is 18.2 Å². The highest BCUT2D eigenvalue weighted by Crippen LogP contribution is 2.56. The van der Waals surface area contributed by atoms with Crippen LogP contribution in [0.3, 0.4) is 0 Å². The summed E-state index contributed by atoms with van der Waals surface area (Å²) in [5.41, 5.74) is -0.199. The Morgan fingerprint density at radius 1 is 1.17 bits per heavy atom. The van der Waals surface area contributed by atoms with Crippen molar-refractivity contribution in [3.8, 4) is 18.2 Å².